The molecule has 0 radical (unpaired) electrons. The van der Waals surface area contributed by atoms with Gasteiger partial charge in [-0.25, -0.2) is 0 Å². The van der Waals surface area contributed by atoms with Crippen molar-refractivity contribution < 1.29 is 14.3 Å². The molecule has 0 aliphatic carbocycles. The van der Waals surface area contributed by atoms with Gasteiger partial charge in [-0.15, -0.1) is 0 Å². The van der Waals surface area contributed by atoms with E-state index in [2.05, 4.69) is 6.92 Å². The molecule has 3 rings (SSSR count). The lowest BCUT2D eigenvalue weighted by Crippen LogP contribution is -2.35. The molecule has 0 spiro atoms. The summed E-state index contributed by atoms with van der Waals surface area (Å²) in [5.74, 6) is -0.494. The molecule has 3 aliphatic rings. The van der Waals surface area contributed by atoms with E-state index in [-0.39, 0.29) is 35.9 Å². The monoisotopic (exact) mass is 277 g/mol. The van der Waals surface area contributed by atoms with Crippen LogP contribution < -0.4 is 0 Å². The zero-order valence-corrected chi connectivity index (χ0v) is 12.1. The van der Waals surface area contributed by atoms with Crippen LogP contribution in [-0.2, 0) is 14.3 Å². The van der Waals surface area contributed by atoms with Crippen molar-refractivity contribution in [3.05, 3.63) is 12.2 Å². The maximum Gasteiger partial charge on any atom is 0.236 e. The fourth-order valence-electron chi connectivity index (χ4n) is 3.64. The van der Waals surface area contributed by atoms with Gasteiger partial charge in [0.1, 0.15) is 0 Å². The summed E-state index contributed by atoms with van der Waals surface area (Å²) >= 11 is 0. The van der Waals surface area contributed by atoms with E-state index < -0.39 is 0 Å². The fourth-order valence-corrected chi connectivity index (χ4v) is 3.64. The van der Waals surface area contributed by atoms with E-state index >= 15 is 0 Å². The average Bonchev–Trinajstić information content (AvgIpc) is 3.11. The molecular formula is C16H23NO3. The van der Waals surface area contributed by atoms with Crippen molar-refractivity contribution in [2.75, 3.05) is 6.54 Å². The van der Waals surface area contributed by atoms with E-state index in [0.29, 0.717) is 6.54 Å². The number of rotatable bonds is 7. The lowest BCUT2D eigenvalue weighted by Gasteiger charge is -2.17. The number of carbonyl (C=O) groups excluding carboxylic acids is 2. The van der Waals surface area contributed by atoms with Crippen LogP contribution in [0.3, 0.4) is 0 Å². The van der Waals surface area contributed by atoms with Gasteiger partial charge in [-0.05, 0) is 6.42 Å². The number of nitrogens with zero attached hydrogens (tertiary/aromatic N) is 1. The second-order valence-corrected chi connectivity index (χ2v) is 6.10. The van der Waals surface area contributed by atoms with Gasteiger partial charge < -0.3 is 4.74 Å². The fraction of sp³-hybridized carbons (Fsp3) is 0.750. The first-order valence-corrected chi connectivity index (χ1v) is 7.93. The quantitative estimate of drug-likeness (QED) is 0.407. The van der Waals surface area contributed by atoms with Crippen LogP contribution in [0.15, 0.2) is 12.2 Å². The van der Waals surface area contributed by atoms with Crippen molar-refractivity contribution in [3.8, 4) is 0 Å². The lowest BCUT2D eigenvalue weighted by molar-refractivity contribution is -0.142. The molecule has 0 aromatic rings. The van der Waals surface area contributed by atoms with Crippen LogP contribution in [0.25, 0.3) is 0 Å². The van der Waals surface area contributed by atoms with Crippen LogP contribution in [0, 0.1) is 11.8 Å². The third-order valence-electron chi connectivity index (χ3n) is 4.74. The molecule has 3 heterocycles. The number of hydrogen-bond donors (Lipinski definition) is 0. The Labute approximate surface area is 120 Å². The predicted molar refractivity (Wildman–Crippen MR) is 74.9 cm³/mol. The first kappa shape index (κ1) is 13.8. The molecule has 4 nitrogen and oxygen atoms in total. The highest BCUT2D eigenvalue weighted by Crippen LogP contribution is 2.45. The summed E-state index contributed by atoms with van der Waals surface area (Å²) in [6.07, 6.45) is 10.6. The Hall–Kier alpha value is -1.16. The molecule has 4 atom stereocenters. The molecule has 110 valence electrons. The molecule has 2 fully saturated rings. The van der Waals surface area contributed by atoms with Crippen molar-refractivity contribution in [3.63, 3.8) is 0 Å². The Kier molecular flexibility index (Phi) is 3.92. The maximum absolute atomic E-state index is 12.3. The molecule has 0 saturated carbocycles. The number of amides is 2. The normalized spacial score (nSPS) is 34.4. The van der Waals surface area contributed by atoms with Crippen molar-refractivity contribution in [2.24, 2.45) is 11.8 Å². The van der Waals surface area contributed by atoms with E-state index in [4.69, 9.17) is 4.74 Å². The number of likely N-dealkylation sites (tertiary alicyclic amines) is 1. The van der Waals surface area contributed by atoms with Crippen molar-refractivity contribution in [1.82, 2.24) is 4.90 Å². The summed E-state index contributed by atoms with van der Waals surface area (Å²) in [6.45, 7) is 2.79. The standard InChI is InChI=1S/C16H23NO3/c1-2-3-4-5-6-7-10-17-15(18)13-11-8-9-12(20-11)14(13)16(17)19/h8-9,11-14H,2-7,10H2,1H3/t11-,12+,13-,14+. The Balaban J connectivity index is 1.49. The van der Waals surface area contributed by atoms with E-state index in [9.17, 15) is 9.59 Å². The molecule has 0 unspecified atom stereocenters. The van der Waals surface area contributed by atoms with E-state index in [0.717, 1.165) is 12.8 Å². The highest BCUT2D eigenvalue weighted by Gasteiger charge is 2.60. The summed E-state index contributed by atoms with van der Waals surface area (Å²) in [4.78, 5) is 26.2. The number of carbonyl (C=O) groups is 2. The lowest BCUT2D eigenvalue weighted by atomic mass is 9.85. The number of ether oxygens (including phenoxy) is 1. The number of unbranched alkanes of at least 4 members (excludes halogenated alkanes) is 5. The smallest absolute Gasteiger partial charge is 0.236 e. The first-order valence-electron chi connectivity index (χ1n) is 7.93. The van der Waals surface area contributed by atoms with Gasteiger partial charge in [-0.1, -0.05) is 51.2 Å². The Bertz CT molecular complexity index is 401. The summed E-state index contributed by atoms with van der Waals surface area (Å²) in [7, 11) is 0. The van der Waals surface area contributed by atoms with Crippen LogP contribution in [0.4, 0.5) is 0 Å². The molecule has 20 heavy (non-hydrogen) atoms. The Morgan fingerprint density at radius 1 is 0.950 bits per heavy atom. The molecule has 2 saturated heterocycles. The van der Waals surface area contributed by atoms with E-state index in [1.54, 1.807) is 0 Å². The second-order valence-electron chi connectivity index (χ2n) is 6.10. The van der Waals surface area contributed by atoms with Gasteiger partial charge in [0.25, 0.3) is 0 Å². The molecule has 2 bridgehead atoms. The Morgan fingerprint density at radius 2 is 1.50 bits per heavy atom. The highest BCUT2D eigenvalue weighted by atomic mass is 16.5. The van der Waals surface area contributed by atoms with Gasteiger partial charge in [0.15, 0.2) is 0 Å². The third kappa shape index (κ3) is 2.20. The third-order valence-corrected chi connectivity index (χ3v) is 4.74. The number of hydrogen-bond acceptors (Lipinski definition) is 3. The van der Waals surface area contributed by atoms with Crippen molar-refractivity contribution >= 4 is 11.8 Å². The van der Waals surface area contributed by atoms with Gasteiger partial charge in [-0.3, -0.25) is 14.5 Å². The highest BCUT2D eigenvalue weighted by molar-refractivity contribution is 6.06. The minimum absolute atomic E-state index is 0.00888. The Morgan fingerprint density at radius 3 is 2.10 bits per heavy atom. The first-order chi connectivity index (χ1) is 9.74. The molecule has 0 aromatic carbocycles. The predicted octanol–water partition coefficient (Wildman–Crippen LogP) is 2.29. The van der Waals surface area contributed by atoms with Gasteiger partial charge in [-0.2, -0.15) is 0 Å². The molecule has 2 amide bonds. The zero-order valence-electron chi connectivity index (χ0n) is 12.1. The van der Waals surface area contributed by atoms with Crippen LogP contribution in [0.2, 0.25) is 0 Å². The van der Waals surface area contributed by atoms with E-state index in [1.165, 1.54) is 30.6 Å². The molecule has 0 N–H and O–H groups in total. The molecule has 0 aromatic heterocycles. The maximum atomic E-state index is 12.3. The molecule has 3 aliphatic heterocycles. The van der Waals surface area contributed by atoms with Gasteiger partial charge in [0, 0.05) is 6.54 Å². The summed E-state index contributed by atoms with van der Waals surface area (Å²) < 4.78 is 5.62. The van der Waals surface area contributed by atoms with Crippen molar-refractivity contribution in [2.45, 2.75) is 57.7 Å². The van der Waals surface area contributed by atoms with Crippen molar-refractivity contribution in [1.29, 1.82) is 0 Å². The minimum Gasteiger partial charge on any atom is -0.365 e. The van der Waals surface area contributed by atoms with Crippen LogP contribution in [-0.4, -0.2) is 35.5 Å². The van der Waals surface area contributed by atoms with Crippen LogP contribution in [0.5, 0.6) is 0 Å². The summed E-state index contributed by atoms with van der Waals surface area (Å²) in [6, 6.07) is 0. The number of fused-ring (bicyclic) bond motifs is 5. The molecular weight excluding hydrogens is 254 g/mol. The molecule has 4 heteroatoms. The van der Waals surface area contributed by atoms with Gasteiger partial charge >= 0.3 is 0 Å². The largest absolute Gasteiger partial charge is 0.365 e. The van der Waals surface area contributed by atoms with Crippen LogP contribution in [0.1, 0.15) is 45.4 Å². The summed E-state index contributed by atoms with van der Waals surface area (Å²) in [5.41, 5.74) is 0. The number of imide groups is 1. The van der Waals surface area contributed by atoms with Gasteiger partial charge in [0.05, 0.1) is 24.0 Å². The zero-order chi connectivity index (χ0) is 14.1. The SMILES string of the molecule is CCCCCCCCN1C(=O)[C@@H]2[C@H](C1=O)[C@H]1C=C[C@@H]2O1. The van der Waals surface area contributed by atoms with E-state index in [1.807, 2.05) is 12.2 Å². The minimum atomic E-state index is -0.238. The van der Waals surface area contributed by atoms with Gasteiger partial charge in [0.2, 0.25) is 11.8 Å². The second kappa shape index (κ2) is 5.68. The summed E-state index contributed by atoms with van der Waals surface area (Å²) in [5, 5.41) is 0. The average molecular weight is 277 g/mol. The van der Waals surface area contributed by atoms with Crippen LogP contribution >= 0.6 is 0 Å². The topological polar surface area (TPSA) is 46.6 Å².